The Hall–Kier alpha value is -1.87. The average molecular weight is 204 g/mol. The van der Waals surface area contributed by atoms with E-state index in [1.807, 2.05) is 12.1 Å². The van der Waals surface area contributed by atoms with Gasteiger partial charge in [0.1, 0.15) is 0 Å². The molecule has 0 unspecified atom stereocenters. The Bertz CT molecular complexity index is 375. The Kier molecular flexibility index (Phi) is 2.68. The van der Waals surface area contributed by atoms with Gasteiger partial charge in [-0.05, 0) is 11.6 Å². The molecule has 0 fully saturated rings. The normalized spacial score (nSPS) is 10.1. The number of ether oxygens (including phenoxy) is 2. The second kappa shape index (κ2) is 4.99. The predicted octanol–water partition coefficient (Wildman–Crippen LogP) is 3.25. The van der Waals surface area contributed by atoms with Crippen molar-refractivity contribution in [1.29, 1.82) is 0 Å². The third-order valence-electron chi connectivity index (χ3n) is 1.79. The van der Waals surface area contributed by atoms with Crippen molar-refractivity contribution in [3.63, 3.8) is 0 Å². The fourth-order valence-corrected chi connectivity index (χ4v) is 1.19. The van der Waals surface area contributed by atoms with Gasteiger partial charge >= 0.3 is 0 Å². The summed E-state index contributed by atoms with van der Waals surface area (Å²) in [6.07, 6.45) is 0. The zero-order valence-electron chi connectivity index (χ0n) is 12.1. The van der Waals surface area contributed by atoms with Crippen LogP contribution < -0.4 is 9.47 Å². The van der Waals surface area contributed by atoms with Crippen molar-refractivity contribution >= 4 is 0 Å². The predicted molar refractivity (Wildman–Crippen MR) is 58.7 cm³/mol. The van der Waals surface area contributed by atoms with E-state index in [0.29, 0.717) is 11.5 Å². The number of methoxy groups -OCH3 is 2. The van der Waals surface area contributed by atoms with E-state index in [-0.39, 0.29) is 7.97 Å². The molecule has 1 rings (SSSR count). The van der Waals surface area contributed by atoms with E-state index < -0.39 is 0 Å². The maximum atomic E-state index is 8.20. The number of para-hydroxylation sites is 1. The number of hydrogen-bond acceptors (Lipinski definition) is 3. The summed E-state index contributed by atoms with van der Waals surface area (Å²) in [4.78, 5) is 2.69. The minimum absolute atomic E-state index is 0. The maximum Gasteiger partial charge on any atom is 0.164 e. The van der Waals surface area contributed by atoms with Crippen molar-refractivity contribution in [2.24, 2.45) is 5.11 Å². The van der Waals surface area contributed by atoms with Gasteiger partial charge in [0, 0.05) is 17.8 Å². The molecule has 0 aromatic heterocycles. The molecule has 1 aromatic rings. The van der Waals surface area contributed by atoms with Crippen LogP contribution in [-0.4, -0.2) is 14.2 Å². The molecule has 0 heterocycles. The fourth-order valence-electron chi connectivity index (χ4n) is 1.19. The van der Waals surface area contributed by atoms with Crippen LogP contribution in [0.15, 0.2) is 23.3 Å². The molecule has 14 heavy (non-hydrogen) atoms. The number of rotatable bonds is 4. The quantitative estimate of drug-likeness (QED) is 0.429. The van der Waals surface area contributed by atoms with E-state index in [4.69, 9.17) is 20.9 Å². The molecule has 0 bridgehead atoms. The molecule has 1 aromatic carbocycles. The number of azide groups is 1. The minimum atomic E-state index is 0. The van der Waals surface area contributed by atoms with E-state index in [2.05, 4.69) is 10.0 Å². The molecule has 5 heteroatoms. The largest absolute Gasteiger partial charge is 0.493 e. The lowest BCUT2D eigenvalue weighted by atomic mass is 10.2. The summed E-state index contributed by atoms with van der Waals surface area (Å²) in [5.74, 6) is 1.25. The van der Waals surface area contributed by atoms with Crippen molar-refractivity contribution < 1.29 is 16.8 Å². The molecule has 0 saturated heterocycles. The van der Waals surface area contributed by atoms with Gasteiger partial charge < -0.3 is 9.47 Å². The van der Waals surface area contributed by atoms with Gasteiger partial charge in [0.05, 0.1) is 20.8 Å². The zero-order chi connectivity index (χ0) is 14.4. The highest BCUT2D eigenvalue weighted by Crippen LogP contribution is 2.30. The van der Waals surface area contributed by atoms with Gasteiger partial charge in [-0.15, -0.1) is 0 Å². The van der Waals surface area contributed by atoms with Gasteiger partial charge in [0.25, 0.3) is 0 Å². The smallest absolute Gasteiger partial charge is 0.164 e. The molecule has 5 nitrogen and oxygen atoms in total. The monoisotopic (exact) mass is 204 g/mol. The first-order valence-corrected chi connectivity index (χ1v) is 4.04. The lowest BCUT2D eigenvalue weighted by Gasteiger charge is -2.10. The van der Waals surface area contributed by atoms with E-state index in [9.17, 15) is 0 Å². The van der Waals surface area contributed by atoms with Crippen LogP contribution >= 0.6 is 0 Å². The van der Waals surface area contributed by atoms with Gasteiger partial charge in [-0.3, -0.25) is 0 Å². The highest BCUT2D eigenvalue weighted by atomic mass is 16.5. The van der Waals surface area contributed by atoms with Gasteiger partial charge in [0.15, 0.2) is 11.5 Å². The van der Waals surface area contributed by atoms with Crippen LogP contribution in [0.5, 0.6) is 11.5 Å². The number of benzene rings is 1. The maximum absolute atomic E-state index is 8.20. The van der Waals surface area contributed by atoms with Crippen LogP contribution in [0.25, 0.3) is 10.4 Å². The van der Waals surface area contributed by atoms with Crippen LogP contribution in [0.4, 0.5) is 0 Å². The summed E-state index contributed by atoms with van der Waals surface area (Å²) in [7, 11) is 3.12. The SMILES string of the molecule is COc1cccc(CN=[N+]=[N-])c1OC.[2HH].[2H][2H].[2H][2H]. The molecule has 0 radical (unpaired) electrons. The highest BCUT2D eigenvalue weighted by Gasteiger charge is 2.07. The van der Waals surface area contributed by atoms with Gasteiger partial charge in [-0.2, -0.15) is 0 Å². The topological polar surface area (TPSA) is 67.2 Å². The van der Waals surface area contributed by atoms with Crippen LogP contribution in [0.3, 0.4) is 0 Å². The molecule has 0 aliphatic heterocycles. The second-order valence-corrected chi connectivity index (χ2v) is 2.54. The second-order valence-electron chi connectivity index (χ2n) is 2.54. The van der Waals surface area contributed by atoms with E-state index in [1.54, 1.807) is 20.3 Å². The highest BCUT2D eigenvalue weighted by molar-refractivity contribution is 5.46. The van der Waals surface area contributed by atoms with Gasteiger partial charge in [-0.1, -0.05) is 17.2 Å². The summed E-state index contributed by atoms with van der Waals surface area (Å²) in [5.41, 5.74) is 9.01. The average Bonchev–Trinajstić information content (AvgIpc) is 2.48. The molecule has 0 amide bonds. The molecule has 80 valence electrons. The van der Waals surface area contributed by atoms with Crippen LogP contribution in [0.2, 0.25) is 0 Å². The van der Waals surface area contributed by atoms with Gasteiger partial charge in [0.2, 0.25) is 0 Å². The lowest BCUT2D eigenvalue weighted by Crippen LogP contribution is -1.94. The van der Waals surface area contributed by atoms with Crippen molar-refractivity contribution in [1.82, 2.24) is 0 Å². The van der Waals surface area contributed by atoms with Crippen molar-refractivity contribution in [3.8, 4) is 11.5 Å². The van der Waals surface area contributed by atoms with Crippen molar-refractivity contribution in [2.75, 3.05) is 14.2 Å². The van der Waals surface area contributed by atoms with E-state index >= 15 is 0 Å². The van der Waals surface area contributed by atoms with E-state index in [0.717, 1.165) is 5.56 Å². The van der Waals surface area contributed by atoms with E-state index in [1.165, 1.54) is 0 Å². The zero-order valence-corrected chi connectivity index (χ0v) is 8.10. The van der Waals surface area contributed by atoms with Crippen LogP contribution in [-0.2, 0) is 6.54 Å². The number of nitrogens with zero attached hydrogens (tertiary/aromatic N) is 3. The molecule has 0 aliphatic carbocycles. The molecule has 0 aliphatic rings. The first-order valence-electron chi connectivity index (χ1n) is 6.04. The van der Waals surface area contributed by atoms with Crippen LogP contribution in [0.1, 0.15) is 12.9 Å². The summed E-state index contributed by atoms with van der Waals surface area (Å²) in [5, 5.41) is 3.47. The molecule has 0 atom stereocenters. The molecule has 0 spiro atoms. The van der Waals surface area contributed by atoms with Crippen molar-refractivity contribution in [2.45, 2.75) is 6.54 Å². The Morgan fingerprint density at radius 1 is 1.50 bits per heavy atom. The third-order valence-corrected chi connectivity index (χ3v) is 1.79. The molecule has 0 saturated carbocycles. The Labute approximate surface area is 89.5 Å². The summed E-state index contributed by atoms with van der Waals surface area (Å²) >= 11 is 0. The van der Waals surface area contributed by atoms with Gasteiger partial charge in [-0.25, -0.2) is 0 Å². The summed E-state index contributed by atoms with van der Waals surface area (Å²) < 4.78 is 30.3. The standard InChI is InChI=1S/C9H11N3O2.3H2/c1-13-8-5-3-4-7(6-11-12-10)9(8)14-2;;;/h3-5H,6H2,1-2H3;3*1H/i;2*1+1D;1+1. The molecular formula is C9H17N3O2. The van der Waals surface area contributed by atoms with Crippen LogP contribution in [0, 0.1) is 0 Å². The third kappa shape index (κ3) is 2.08. The lowest BCUT2D eigenvalue weighted by molar-refractivity contribution is 0.352. The summed E-state index contributed by atoms with van der Waals surface area (Å²) in [6.45, 7) is 0.261. The Morgan fingerprint density at radius 2 is 2.29 bits per heavy atom. The minimum Gasteiger partial charge on any atom is -0.493 e. The first kappa shape index (κ1) is 7.53. The molecule has 0 N–H and O–H groups in total. The van der Waals surface area contributed by atoms with Crippen molar-refractivity contribution in [3.05, 3.63) is 34.2 Å². The summed E-state index contributed by atoms with van der Waals surface area (Å²) in [6, 6.07) is 5.44. The number of hydrogen-bond donors (Lipinski definition) is 0. The fraction of sp³-hybridized carbons (Fsp3) is 0.333. The first-order chi connectivity index (χ1) is 8.83. The Balaban J connectivity index is -0.000000467. The molecular weight excluding hydrogens is 182 g/mol. The Morgan fingerprint density at radius 3 is 2.86 bits per heavy atom.